The Morgan fingerprint density at radius 1 is 0.905 bits per heavy atom. The third-order valence-electron chi connectivity index (χ3n) is 6.59. The van der Waals surface area contributed by atoms with E-state index in [1.165, 1.54) is 5.56 Å². The maximum atomic E-state index is 12.5. The zero-order chi connectivity index (χ0) is 29.7. The summed E-state index contributed by atoms with van der Waals surface area (Å²) < 4.78 is 1.97. The summed E-state index contributed by atoms with van der Waals surface area (Å²) in [6, 6.07) is 25.2. The Labute approximate surface area is 255 Å². The number of carbonyl (C=O) groups is 1. The summed E-state index contributed by atoms with van der Waals surface area (Å²) in [4.78, 5) is 29.1. The monoisotopic (exact) mass is 601 g/mol. The van der Waals surface area contributed by atoms with Crippen molar-refractivity contribution in [1.29, 1.82) is 0 Å². The minimum absolute atomic E-state index is 0.216. The first-order chi connectivity index (χ1) is 20.2. The highest BCUT2D eigenvalue weighted by Crippen LogP contribution is 2.34. The van der Waals surface area contributed by atoms with Gasteiger partial charge in [0.2, 0.25) is 0 Å². The highest BCUT2D eigenvalue weighted by molar-refractivity contribution is 6.33. The molecule has 0 aliphatic heterocycles. The maximum Gasteiger partial charge on any atom is 0.315 e. The van der Waals surface area contributed by atoms with E-state index in [9.17, 15) is 4.79 Å². The van der Waals surface area contributed by atoms with Crippen molar-refractivity contribution < 1.29 is 4.79 Å². The number of carbonyl (C=O) groups excluding carboxylic acids is 1. The van der Waals surface area contributed by atoms with E-state index in [1.807, 2.05) is 92.1 Å². The van der Waals surface area contributed by atoms with Crippen LogP contribution in [0.15, 0.2) is 85.2 Å². The summed E-state index contributed by atoms with van der Waals surface area (Å²) in [6.07, 6.45) is 2.34. The Morgan fingerprint density at radius 2 is 1.62 bits per heavy atom. The minimum Gasteiger partial charge on any atom is -0.353 e. The van der Waals surface area contributed by atoms with E-state index in [0.29, 0.717) is 52.5 Å². The minimum atomic E-state index is -0.334. The molecule has 2 aromatic heterocycles. The quantitative estimate of drug-likeness (QED) is 0.191. The van der Waals surface area contributed by atoms with Crippen LogP contribution >= 0.6 is 23.2 Å². The predicted molar refractivity (Wildman–Crippen MR) is 171 cm³/mol. The molecule has 0 aliphatic rings. The lowest BCUT2D eigenvalue weighted by atomic mass is 10.1. The molecule has 8 nitrogen and oxygen atoms in total. The Hall–Kier alpha value is -4.14. The summed E-state index contributed by atoms with van der Waals surface area (Å²) in [5.41, 5.74) is 3.76. The zero-order valence-electron chi connectivity index (χ0n) is 23.8. The second kappa shape index (κ2) is 12.8. The first-order valence-corrected chi connectivity index (χ1v) is 14.5. The van der Waals surface area contributed by atoms with Gasteiger partial charge in [-0.15, -0.1) is 0 Å². The highest BCUT2D eigenvalue weighted by Gasteiger charge is 2.23. The second-order valence-electron chi connectivity index (χ2n) is 11.0. The van der Waals surface area contributed by atoms with Gasteiger partial charge in [0.25, 0.3) is 0 Å². The molecule has 2 amide bonds. The molecule has 0 saturated heterocycles. The fourth-order valence-electron chi connectivity index (χ4n) is 4.69. The number of urea groups is 1. The summed E-state index contributed by atoms with van der Waals surface area (Å²) in [7, 11) is 0. The molecule has 0 spiro atoms. The average molecular weight is 603 g/mol. The van der Waals surface area contributed by atoms with Crippen molar-refractivity contribution in [3.63, 3.8) is 0 Å². The Kier molecular flexibility index (Phi) is 8.94. The van der Waals surface area contributed by atoms with Crippen LogP contribution in [-0.4, -0.2) is 50.7 Å². The molecule has 216 valence electrons. The second-order valence-corrected chi connectivity index (χ2v) is 11.8. The third-order valence-corrected chi connectivity index (χ3v) is 7.17. The van der Waals surface area contributed by atoms with Crippen LogP contribution in [0.25, 0.3) is 28.2 Å². The van der Waals surface area contributed by atoms with E-state index < -0.39 is 0 Å². The summed E-state index contributed by atoms with van der Waals surface area (Å²) in [5.74, 6) is 1.32. The molecular weight excluding hydrogens is 569 g/mol. The summed E-state index contributed by atoms with van der Waals surface area (Å²) in [6.45, 7) is 7.44. The van der Waals surface area contributed by atoms with Crippen LogP contribution in [0.2, 0.25) is 10.0 Å². The van der Waals surface area contributed by atoms with Crippen LogP contribution in [0.1, 0.15) is 26.3 Å². The molecular formula is C32H33Cl2N7O. The van der Waals surface area contributed by atoms with Crippen LogP contribution in [-0.2, 0) is 6.42 Å². The van der Waals surface area contributed by atoms with Crippen molar-refractivity contribution in [1.82, 2.24) is 30.2 Å². The zero-order valence-corrected chi connectivity index (χ0v) is 25.3. The van der Waals surface area contributed by atoms with E-state index in [-0.39, 0.29) is 11.6 Å². The molecule has 3 aromatic carbocycles. The van der Waals surface area contributed by atoms with Crippen molar-refractivity contribution in [2.75, 3.05) is 24.5 Å². The standard InChI is InChI=1S/C32H33Cl2N7O/c1-32(2,3)39-31(42)35-18-20-40(19-17-22-9-5-4-6-10-22)29-27-30(37-21-36-29)41(24-15-13-23(33)14-16-24)28(38-27)25-11-7-8-12-26(25)34/h4-16,21H,17-20H2,1-3H3,(H2,35,39,42). The number of nitrogens with one attached hydrogen (secondary N) is 2. The number of fused-ring (bicyclic) bond motifs is 1. The number of rotatable bonds is 9. The van der Waals surface area contributed by atoms with Gasteiger partial charge in [0.05, 0.1) is 5.02 Å². The molecule has 42 heavy (non-hydrogen) atoms. The van der Waals surface area contributed by atoms with Gasteiger partial charge in [0.15, 0.2) is 17.0 Å². The number of halogens is 2. The van der Waals surface area contributed by atoms with Crippen molar-refractivity contribution in [2.24, 2.45) is 0 Å². The lowest BCUT2D eigenvalue weighted by Crippen LogP contribution is -2.48. The Balaban J connectivity index is 1.57. The number of benzene rings is 3. The largest absolute Gasteiger partial charge is 0.353 e. The normalized spacial score (nSPS) is 11.5. The van der Waals surface area contributed by atoms with Crippen LogP contribution in [0, 0.1) is 0 Å². The topological polar surface area (TPSA) is 88.0 Å². The van der Waals surface area contributed by atoms with Gasteiger partial charge in [-0.1, -0.05) is 65.7 Å². The van der Waals surface area contributed by atoms with Crippen molar-refractivity contribution in [3.8, 4) is 17.1 Å². The molecule has 0 aliphatic carbocycles. The number of nitrogens with zero attached hydrogens (tertiary/aromatic N) is 5. The lowest BCUT2D eigenvalue weighted by Gasteiger charge is -2.25. The van der Waals surface area contributed by atoms with E-state index >= 15 is 0 Å². The van der Waals surface area contributed by atoms with E-state index in [1.54, 1.807) is 6.33 Å². The summed E-state index contributed by atoms with van der Waals surface area (Å²) >= 11 is 12.9. The number of hydrogen-bond acceptors (Lipinski definition) is 5. The highest BCUT2D eigenvalue weighted by atomic mass is 35.5. The third kappa shape index (κ3) is 7.01. The van der Waals surface area contributed by atoms with Crippen LogP contribution < -0.4 is 15.5 Å². The molecule has 5 aromatic rings. The first-order valence-electron chi connectivity index (χ1n) is 13.8. The number of aromatic nitrogens is 4. The molecule has 2 heterocycles. The average Bonchev–Trinajstić information content (AvgIpc) is 3.35. The van der Waals surface area contributed by atoms with Gasteiger partial charge in [-0.3, -0.25) is 4.57 Å². The van der Waals surface area contributed by atoms with Crippen LogP contribution in [0.4, 0.5) is 10.6 Å². The first kappa shape index (κ1) is 29.4. The fraction of sp³-hybridized carbons (Fsp3) is 0.250. The van der Waals surface area contributed by atoms with E-state index in [2.05, 4.69) is 32.7 Å². The Bertz CT molecular complexity index is 1660. The molecule has 0 bridgehead atoms. The molecule has 0 saturated carbocycles. The smallest absolute Gasteiger partial charge is 0.315 e. The number of imidazole rings is 1. The van der Waals surface area contributed by atoms with Crippen molar-refractivity contribution >= 4 is 46.2 Å². The van der Waals surface area contributed by atoms with Gasteiger partial charge < -0.3 is 15.5 Å². The molecule has 0 radical (unpaired) electrons. The molecule has 0 atom stereocenters. The molecule has 0 unspecified atom stereocenters. The van der Waals surface area contributed by atoms with Gasteiger partial charge in [0.1, 0.15) is 12.2 Å². The summed E-state index contributed by atoms with van der Waals surface area (Å²) in [5, 5.41) is 7.13. The molecule has 10 heteroatoms. The number of amides is 2. The van der Waals surface area contributed by atoms with Gasteiger partial charge in [-0.05, 0) is 69.2 Å². The Morgan fingerprint density at radius 3 is 2.33 bits per heavy atom. The fourth-order valence-corrected chi connectivity index (χ4v) is 5.04. The van der Waals surface area contributed by atoms with Gasteiger partial charge >= 0.3 is 6.03 Å². The molecule has 5 rings (SSSR count). The number of hydrogen-bond donors (Lipinski definition) is 2. The molecule has 2 N–H and O–H groups in total. The lowest BCUT2D eigenvalue weighted by molar-refractivity contribution is 0.232. The van der Waals surface area contributed by atoms with Gasteiger partial charge in [0, 0.05) is 41.4 Å². The van der Waals surface area contributed by atoms with Crippen molar-refractivity contribution in [2.45, 2.75) is 32.7 Å². The van der Waals surface area contributed by atoms with Crippen LogP contribution in [0.3, 0.4) is 0 Å². The SMILES string of the molecule is CC(C)(C)NC(=O)NCCN(CCc1ccccc1)c1ncnc2c1nc(-c1ccccc1Cl)n2-c1ccc(Cl)cc1. The predicted octanol–water partition coefficient (Wildman–Crippen LogP) is 6.94. The van der Waals surface area contributed by atoms with Crippen LogP contribution in [0.5, 0.6) is 0 Å². The van der Waals surface area contributed by atoms with E-state index in [4.69, 9.17) is 33.2 Å². The van der Waals surface area contributed by atoms with Crippen molar-refractivity contribution in [3.05, 3.63) is 101 Å². The molecule has 0 fully saturated rings. The van der Waals surface area contributed by atoms with Gasteiger partial charge in [-0.2, -0.15) is 0 Å². The van der Waals surface area contributed by atoms with Gasteiger partial charge in [-0.25, -0.2) is 19.7 Å². The number of anilines is 1. The van der Waals surface area contributed by atoms with E-state index in [0.717, 1.165) is 17.7 Å². The maximum absolute atomic E-state index is 12.5.